The van der Waals surface area contributed by atoms with Crippen molar-refractivity contribution in [3.05, 3.63) is 35.4 Å². The van der Waals surface area contributed by atoms with E-state index in [1.54, 1.807) is 0 Å². The maximum absolute atomic E-state index is 12.8. The zero-order valence-corrected chi connectivity index (χ0v) is 6.55. The van der Waals surface area contributed by atoms with Crippen LogP contribution in [0.2, 0.25) is 0 Å². The molecule has 0 aliphatic heterocycles. The van der Waals surface area contributed by atoms with Gasteiger partial charge in [0.15, 0.2) is 0 Å². The molecule has 5 heteroatoms. The quantitative estimate of drug-likeness (QED) is 0.536. The Labute approximate surface area is 73.0 Å². The molecule has 1 amide bonds. The number of hydrogen-bond acceptors (Lipinski definition) is 2. The third-order valence-electron chi connectivity index (χ3n) is 1.49. The van der Waals surface area contributed by atoms with Gasteiger partial charge in [-0.25, -0.2) is 14.3 Å². The van der Waals surface area contributed by atoms with Crippen LogP contribution in [0.4, 0.5) is 8.78 Å². The Morgan fingerprint density at radius 2 is 2.15 bits per heavy atom. The highest BCUT2D eigenvalue weighted by atomic mass is 19.1. The van der Waals surface area contributed by atoms with Crippen molar-refractivity contribution >= 4 is 5.91 Å². The van der Waals surface area contributed by atoms with E-state index in [1.807, 2.05) is 0 Å². The number of carbonyl (C=O) groups is 1. The van der Waals surface area contributed by atoms with Gasteiger partial charge in [0.05, 0.1) is 6.42 Å². The van der Waals surface area contributed by atoms with Crippen molar-refractivity contribution in [1.82, 2.24) is 5.48 Å². The molecule has 0 fully saturated rings. The minimum absolute atomic E-state index is 0.0351. The minimum Gasteiger partial charge on any atom is -0.289 e. The lowest BCUT2D eigenvalue weighted by molar-refractivity contribution is -0.128. The molecule has 13 heavy (non-hydrogen) atoms. The van der Waals surface area contributed by atoms with Crippen molar-refractivity contribution in [2.45, 2.75) is 6.42 Å². The van der Waals surface area contributed by atoms with Gasteiger partial charge >= 0.3 is 0 Å². The van der Waals surface area contributed by atoms with E-state index in [9.17, 15) is 13.6 Å². The van der Waals surface area contributed by atoms with Gasteiger partial charge in [0, 0.05) is 6.07 Å². The summed E-state index contributed by atoms with van der Waals surface area (Å²) in [4.78, 5) is 10.6. The lowest BCUT2D eigenvalue weighted by atomic mass is 10.1. The summed E-state index contributed by atoms with van der Waals surface area (Å²) in [5, 5.41) is 8.15. The van der Waals surface area contributed by atoms with E-state index in [0.29, 0.717) is 6.07 Å². The number of rotatable bonds is 2. The van der Waals surface area contributed by atoms with Crippen LogP contribution in [0, 0.1) is 11.6 Å². The normalized spacial score (nSPS) is 9.77. The number of amides is 1. The summed E-state index contributed by atoms with van der Waals surface area (Å²) < 4.78 is 25.2. The topological polar surface area (TPSA) is 49.3 Å². The van der Waals surface area contributed by atoms with E-state index < -0.39 is 17.5 Å². The predicted octanol–water partition coefficient (Wildman–Crippen LogP) is 1.01. The Bertz CT molecular complexity index is 328. The largest absolute Gasteiger partial charge is 0.289 e. The van der Waals surface area contributed by atoms with E-state index in [-0.39, 0.29) is 12.0 Å². The number of hydroxylamine groups is 1. The molecule has 0 saturated heterocycles. The standard InChI is InChI=1S/C8H7F2NO2/c9-6-2-1-5(7(10)4-6)3-8(12)11-13/h1-2,4,13H,3H2,(H,11,12). The zero-order chi connectivity index (χ0) is 9.84. The van der Waals surface area contributed by atoms with Crippen molar-refractivity contribution in [3.63, 3.8) is 0 Å². The maximum atomic E-state index is 12.8. The average Bonchev–Trinajstić information content (AvgIpc) is 2.09. The Morgan fingerprint density at radius 3 is 2.69 bits per heavy atom. The van der Waals surface area contributed by atoms with Crippen LogP contribution < -0.4 is 5.48 Å². The highest BCUT2D eigenvalue weighted by Gasteiger charge is 2.07. The highest BCUT2D eigenvalue weighted by molar-refractivity contribution is 5.77. The molecule has 3 nitrogen and oxygen atoms in total. The Hall–Kier alpha value is -1.49. The summed E-state index contributed by atoms with van der Waals surface area (Å²) >= 11 is 0. The predicted molar refractivity (Wildman–Crippen MR) is 40.0 cm³/mol. The molecule has 0 aliphatic carbocycles. The fourth-order valence-electron chi connectivity index (χ4n) is 0.878. The molecule has 0 bridgehead atoms. The first-order chi connectivity index (χ1) is 6.13. The molecule has 70 valence electrons. The molecular weight excluding hydrogens is 180 g/mol. The fourth-order valence-corrected chi connectivity index (χ4v) is 0.878. The smallest absolute Gasteiger partial charge is 0.247 e. The average molecular weight is 187 g/mol. The summed E-state index contributed by atoms with van der Waals surface area (Å²) in [6, 6.07) is 2.88. The second-order valence-electron chi connectivity index (χ2n) is 2.45. The third kappa shape index (κ3) is 2.48. The Kier molecular flexibility index (Phi) is 2.92. The molecule has 0 spiro atoms. The fraction of sp³-hybridized carbons (Fsp3) is 0.125. The van der Waals surface area contributed by atoms with E-state index in [4.69, 9.17) is 5.21 Å². The maximum Gasteiger partial charge on any atom is 0.247 e. The first kappa shape index (κ1) is 9.60. The molecule has 0 radical (unpaired) electrons. The van der Waals surface area contributed by atoms with Gasteiger partial charge in [-0.05, 0) is 11.6 Å². The molecule has 0 aliphatic rings. The second-order valence-corrected chi connectivity index (χ2v) is 2.45. The molecular formula is C8H7F2NO2. The van der Waals surface area contributed by atoms with Crippen LogP contribution in [0.1, 0.15) is 5.56 Å². The summed E-state index contributed by atoms with van der Waals surface area (Å²) in [5.41, 5.74) is 1.39. The van der Waals surface area contributed by atoms with Crippen LogP contribution in [0.3, 0.4) is 0 Å². The van der Waals surface area contributed by atoms with Gasteiger partial charge in [-0.1, -0.05) is 6.07 Å². The molecule has 0 unspecified atom stereocenters. The van der Waals surface area contributed by atoms with Crippen LogP contribution in [0.5, 0.6) is 0 Å². The Balaban J connectivity index is 2.83. The second kappa shape index (κ2) is 3.95. The van der Waals surface area contributed by atoms with E-state index in [1.165, 1.54) is 5.48 Å². The van der Waals surface area contributed by atoms with Crippen LogP contribution in [0.15, 0.2) is 18.2 Å². The van der Waals surface area contributed by atoms with Crippen LogP contribution >= 0.6 is 0 Å². The summed E-state index contributed by atoms with van der Waals surface area (Å²) in [7, 11) is 0. The summed E-state index contributed by atoms with van der Waals surface area (Å²) in [5.74, 6) is -2.25. The van der Waals surface area contributed by atoms with Gasteiger partial charge in [0.2, 0.25) is 5.91 Å². The van der Waals surface area contributed by atoms with E-state index in [0.717, 1.165) is 12.1 Å². The number of hydrogen-bond donors (Lipinski definition) is 2. The number of benzene rings is 1. The molecule has 1 aromatic carbocycles. The molecule has 0 heterocycles. The first-order valence-corrected chi connectivity index (χ1v) is 3.50. The van der Waals surface area contributed by atoms with Gasteiger partial charge in [-0.15, -0.1) is 0 Å². The first-order valence-electron chi connectivity index (χ1n) is 3.50. The minimum atomic E-state index is -0.802. The van der Waals surface area contributed by atoms with Crippen molar-refractivity contribution in [3.8, 4) is 0 Å². The van der Waals surface area contributed by atoms with Crippen molar-refractivity contribution < 1.29 is 18.8 Å². The van der Waals surface area contributed by atoms with Crippen LogP contribution in [-0.4, -0.2) is 11.1 Å². The van der Waals surface area contributed by atoms with Gasteiger partial charge < -0.3 is 0 Å². The number of carbonyl (C=O) groups excluding carboxylic acids is 1. The van der Waals surface area contributed by atoms with Gasteiger partial charge in [-0.2, -0.15) is 0 Å². The van der Waals surface area contributed by atoms with E-state index in [2.05, 4.69) is 0 Å². The van der Waals surface area contributed by atoms with Crippen molar-refractivity contribution in [2.75, 3.05) is 0 Å². The van der Waals surface area contributed by atoms with Crippen molar-refractivity contribution in [2.24, 2.45) is 0 Å². The molecule has 0 saturated carbocycles. The Morgan fingerprint density at radius 1 is 1.46 bits per heavy atom. The molecule has 1 rings (SSSR count). The molecule has 1 aromatic rings. The van der Waals surface area contributed by atoms with Crippen LogP contribution in [0.25, 0.3) is 0 Å². The third-order valence-corrected chi connectivity index (χ3v) is 1.49. The van der Waals surface area contributed by atoms with Crippen LogP contribution in [-0.2, 0) is 11.2 Å². The van der Waals surface area contributed by atoms with Crippen molar-refractivity contribution in [1.29, 1.82) is 0 Å². The summed E-state index contributed by atoms with van der Waals surface area (Å²) in [6.07, 6.45) is -0.317. The monoisotopic (exact) mass is 187 g/mol. The molecule has 0 aromatic heterocycles. The summed E-state index contributed by atoms with van der Waals surface area (Å²) in [6.45, 7) is 0. The molecule has 0 atom stereocenters. The SMILES string of the molecule is O=C(Cc1ccc(F)cc1F)NO. The van der Waals surface area contributed by atoms with Gasteiger partial charge in [-0.3, -0.25) is 10.0 Å². The lowest BCUT2D eigenvalue weighted by Crippen LogP contribution is -2.21. The molecule has 2 N–H and O–H groups in total. The van der Waals surface area contributed by atoms with Gasteiger partial charge in [0.1, 0.15) is 11.6 Å². The number of halogens is 2. The highest BCUT2D eigenvalue weighted by Crippen LogP contribution is 2.09. The lowest BCUT2D eigenvalue weighted by Gasteiger charge is -2.00. The zero-order valence-electron chi connectivity index (χ0n) is 6.55. The van der Waals surface area contributed by atoms with Gasteiger partial charge in [0.25, 0.3) is 0 Å². The van der Waals surface area contributed by atoms with E-state index >= 15 is 0 Å². The number of nitrogens with one attached hydrogen (secondary N) is 1.